The highest BCUT2D eigenvalue weighted by Crippen LogP contribution is 2.37. The van der Waals surface area contributed by atoms with Gasteiger partial charge in [-0.05, 0) is 43.7 Å². The standard InChI is InChI=1S/C22H20ClF3N4O2S/c1-28(2)7-8-29(13-15-5-4-10-33-15)21(31)18-19(23)30-12-14(17-6-3-9-32-17)11-16(20(30)27-18)22(24,25)26/h3-6,9-12H,7-8,13H2,1-2H3. The van der Waals surface area contributed by atoms with Crippen molar-refractivity contribution in [1.29, 1.82) is 0 Å². The molecule has 0 saturated carbocycles. The van der Waals surface area contributed by atoms with Crippen LogP contribution in [0.15, 0.2) is 52.6 Å². The maximum Gasteiger partial charge on any atom is 0.420 e. The Morgan fingerprint density at radius 2 is 2.03 bits per heavy atom. The molecular weight excluding hydrogens is 477 g/mol. The van der Waals surface area contributed by atoms with Crippen LogP contribution in [0.3, 0.4) is 0 Å². The molecule has 0 aliphatic heterocycles. The highest BCUT2D eigenvalue weighted by atomic mass is 35.5. The number of hydrogen-bond acceptors (Lipinski definition) is 5. The molecule has 0 aliphatic carbocycles. The lowest BCUT2D eigenvalue weighted by atomic mass is 10.1. The Bertz CT molecular complexity index is 1250. The maximum atomic E-state index is 13.9. The van der Waals surface area contributed by atoms with Gasteiger partial charge in [0.2, 0.25) is 0 Å². The van der Waals surface area contributed by atoms with Gasteiger partial charge in [0.25, 0.3) is 5.91 Å². The number of rotatable bonds is 7. The molecule has 0 atom stereocenters. The molecule has 4 heterocycles. The summed E-state index contributed by atoms with van der Waals surface area (Å²) in [5.74, 6) is -0.294. The number of halogens is 4. The molecule has 0 unspecified atom stereocenters. The predicted molar refractivity (Wildman–Crippen MR) is 121 cm³/mol. The van der Waals surface area contributed by atoms with Gasteiger partial charge in [0, 0.05) is 29.7 Å². The number of thiophene rings is 1. The molecule has 0 spiro atoms. The molecule has 0 aromatic carbocycles. The summed E-state index contributed by atoms with van der Waals surface area (Å²) in [6.45, 7) is 1.23. The van der Waals surface area contributed by atoms with E-state index in [4.69, 9.17) is 16.0 Å². The molecule has 0 N–H and O–H groups in total. The molecule has 0 aliphatic rings. The summed E-state index contributed by atoms with van der Waals surface area (Å²) >= 11 is 7.93. The van der Waals surface area contributed by atoms with Crippen LogP contribution < -0.4 is 0 Å². The van der Waals surface area contributed by atoms with Gasteiger partial charge < -0.3 is 14.2 Å². The Balaban J connectivity index is 1.80. The van der Waals surface area contributed by atoms with E-state index in [-0.39, 0.29) is 22.2 Å². The zero-order valence-electron chi connectivity index (χ0n) is 17.8. The van der Waals surface area contributed by atoms with Crippen molar-refractivity contribution in [3.8, 4) is 11.3 Å². The SMILES string of the molecule is CN(C)CCN(Cc1cccs1)C(=O)c1nc2c(C(F)(F)F)cc(-c3ccco3)cn2c1Cl. The highest BCUT2D eigenvalue weighted by Gasteiger charge is 2.36. The number of alkyl halides is 3. The number of hydrogen-bond donors (Lipinski definition) is 0. The monoisotopic (exact) mass is 496 g/mol. The summed E-state index contributed by atoms with van der Waals surface area (Å²) in [5.41, 5.74) is -1.50. The van der Waals surface area contributed by atoms with Crippen LogP contribution in [0.25, 0.3) is 17.0 Å². The third-order valence-electron chi connectivity index (χ3n) is 5.01. The van der Waals surface area contributed by atoms with Crippen molar-refractivity contribution in [1.82, 2.24) is 19.2 Å². The first kappa shape index (κ1) is 23.3. The zero-order valence-corrected chi connectivity index (χ0v) is 19.3. The highest BCUT2D eigenvalue weighted by molar-refractivity contribution is 7.09. The lowest BCUT2D eigenvalue weighted by molar-refractivity contribution is -0.136. The van der Waals surface area contributed by atoms with Crippen LogP contribution in [0.4, 0.5) is 13.2 Å². The molecule has 11 heteroatoms. The molecule has 0 fully saturated rings. The molecule has 1 amide bonds. The van der Waals surface area contributed by atoms with Gasteiger partial charge in [-0.15, -0.1) is 11.3 Å². The average Bonchev–Trinajstić information content (AvgIpc) is 3.51. The van der Waals surface area contributed by atoms with Crippen molar-refractivity contribution in [2.45, 2.75) is 12.7 Å². The van der Waals surface area contributed by atoms with Crippen LogP contribution in [0, 0.1) is 0 Å². The number of furan rings is 1. The molecule has 33 heavy (non-hydrogen) atoms. The summed E-state index contributed by atoms with van der Waals surface area (Å²) in [6, 6.07) is 7.83. The second-order valence-electron chi connectivity index (χ2n) is 7.67. The van der Waals surface area contributed by atoms with E-state index >= 15 is 0 Å². The fourth-order valence-corrected chi connectivity index (χ4v) is 4.32. The van der Waals surface area contributed by atoms with Gasteiger partial charge in [-0.2, -0.15) is 13.2 Å². The van der Waals surface area contributed by atoms with Crippen molar-refractivity contribution in [3.63, 3.8) is 0 Å². The normalized spacial score (nSPS) is 12.1. The van der Waals surface area contributed by atoms with Crippen LogP contribution in [0.5, 0.6) is 0 Å². The number of likely N-dealkylation sites (N-methyl/N-ethyl adjacent to an activating group) is 1. The summed E-state index contributed by atoms with van der Waals surface area (Å²) in [7, 11) is 3.74. The van der Waals surface area contributed by atoms with Crippen molar-refractivity contribution in [3.05, 3.63) is 69.5 Å². The van der Waals surface area contributed by atoms with Gasteiger partial charge in [0.05, 0.1) is 18.4 Å². The summed E-state index contributed by atoms with van der Waals surface area (Å²) in [6.07, 6.45) is -1.95. The van der Waals surface area contributed by atoms with E-state index in [1.54, 1.807) is 17.0 Å². The van der Waals surface area contributed by atoms with Crippen LogP contribution in [0.2, 0.25) is 5.15 Å². The van der Waals surface area contributed by atoms with Gasteiger partial charge in [0.1, 0.15) is 10.9 Å². The number of imidazole rings is 1. The minimum atomic E-state index is -4.71. The second kappa shape index (κ2) is 9.20. The summed E-state index contributed by atoms with van der Waals surface area (Å²) in [4.78, 5) is 21.9. The summed E-state index contributed by atoms with van der Waals surface area (Å²) in [5, 5.41) is 1.71. The number of aromatic nitrogens is 2. The van der Waals surface area contributed by atoms with E-state index in [0.717, 1.165) is 15.3 Å². The van der Waals surface area contributed by atoms with Crippen molar-refractivity contribution < 1.29 is 22.4 Å². The minimum Gasteiger partial charge on any atom is -0.464 e. The van der Waals surface area contributed by atoms with Crippen LogP contribution in [-0.2, 0) is 12.7 Å². The van der Waals surface area contributed by atoms with Gasteiger partial charge in [-0.1, -0.05) is 17.7 Å². The lowest BCUT2D eigenvalue weighted by Crippen LogP contribution is -2.36. The predicted octanol–water partition coefficient (Wildman–Crippen LogP) is 5.53. The van der Waals surface area contributed by atoms with E-state index < -0.39 is 23.3 Å². The molecule has 0 bridgehead atoms. The van der Waals surface area contributed by atoms with Crippen LogP contribution in [0.1, 0.15) is 20.9 Å². The Hall–Kier alpha value is -2.82. The van der Waals surface area contributed by atoms with Gasteiger partial charge in [-0.25, -0.2) is 4.98 Å². The first-order valence-corrected chi connectivity index (χ1v) is 11.2. The smallest absolute Gasteiger partial charge is 0.420 e. The van der Waals surface area contributed by atoms with Crippen molar-refractivity contribution in [2.24, 2.45) is 0 Å². The van der Waals surface area contributed by atoms with E-state index in [9.17, 15) is 18.0 Å². The fraction of sp³-hybridized carbons (Fsp3) is 0.273. The number of fused-ring (bicyclic) bond motifs is 1. The van der Waals surface area contributed by atoms with E-state index in [2.05, 4.69) is 4.98 Å². The maximum absolute atomic E-state index is 13.9. The third kappa shape index (κ3) is 4.92. The Morgan fingerprint density at radius 3 is 2.64 bits per heavy atom. The molecule has 4 aromatic rings. The van der Waals surface area contributed by atoms with Crippen molar-refractivity contribution >= 4 is 34.5 Å². The van der Waals surface area contributed by atoms with Crippen LogP contribution >= 0.6 is 22.9 Å². The van der Waals surface area contributed by atoms with E-state index in [0.29, 0.717) is 19.6 Å². The van der Waals surface area contributed by atoms with E-state index in [1.165, 1.54) is 23.8 Å². The third-order valence-corrected chi connectivity index (χ3v) is 6.23. The minimum absolute atomic E-state index is 0.168. The van der Waals surface area contributed by atoms with E-state index in [1.807, 2.05) is 36.5 Å². The molecule has 0 radical (unpaired) electrons. The number of carbonyl (C=O) groups excluding carboxylic acids is 1. The zero-order chi connectivity index (χ0) is 23.8. The Labute approximate surface area is 196 Å². The number of pyridine rings is 1. The molecule has 4 rings (SSSR count). The number of nitrogens with zero attached hydrogens (tertiary/aromatic N) is 4. The molecule has 6 nitrogen and oxygen atoms in total. The topological polar surface area (TPSA) is 54.0 Å². The van der Waals surface area contributed by atoms with Gasteiger partial charge >= 0.3 is 6.18 Å². The quantitative estimate of drug-likeness (QED) is 0.337. The Kier molecular flexibility index (Phi) is 6.51. The molecule has 4 aromatic heterocycles. The molecular formula is C22H20ClF3N4O2S. The van der Waals surface area contributed by atoms with Crippen LogP contribution in [-0.4, -0.2) is 52.3 Å². The number of amides is 1. The van der Waals surface area contributed by atoms with Gasteiger partial charge in [-0.3, -0.25) is 9.20 Å². The summed E-state index contributed by atoms with van der Waals surface area (Å²) < 4.78 is 48.0. The largest absolute Gasteiger partial charge is 0.464 e. The lowest BCUT2D eigenvalue weighted by Gasteiger charge is -2.23. The fourth-order valence-electron chi connectivity index (χ4n) is 3.35. The molecule has 174 valence electrons. The second-order valence-corrected chi connectivity index (χ2v) is 9.06. The average molecular weight is 497 g/mol. The first-order chi connectivity index (χ1) is 15.6. The molecule has 0 saturated heterocycles. The Morgan fingerprint density at radius 1 is 1.24 bits per heavy atom. The van der Waals surface area contributed by atoms with Gasteiger partial charge in [0.15, 0.2) is 11.3 Å². The first-order valence-electron chi connectivity index (χ1n) is 9.94. The number of carbonyl (C=O) groups is 1. The van der Waals surface area contributed by atoms with Crippen molar-refractivity contribution in [2.75, 3.05) is 27.2 Å².